The largest absolute Gasteiger partial charge is 0.495 e. The first-order valence-corrected chi connectivity index (χ1v) is 11.1. The van der Waals surface area contributed by atoms with Gasteiger partial charge in [-0.15, -0.1) is 0 Å². The van der Waals surface area contributed by atoms with Gasteiger partial charge in [0.05, 0.1) is 23.0 Å². The molecule has 0 fully saturated rings. The summed E-state index contributed by atoms with van der Waals surface area (Å²) in [7, 11) is 3.19. The van der Waals surface area contributed by atoms with Gasteiger partial charge in [-0.25, -0.2) is 4.98 Å². The van der Waals surface area contributed by atoms with Crippen molar-refractivity contribution in [3.63, 3.8) is 0 Å². The minimum Gasteiger partial charge on any atom is -0.495 e. The maximum Gasteiger partial charge on any atom is 0.261 e. The number of nitrogens with one attached hydrogen (secondary N) is 1. The highest BCUT2D eigenvalue weighted by Crippen LogP contribution is 2.36. The molecule has 1 aromatic heterocycles. The molecule has 0 saturated heterocycles. The quantitative estimate of drug-likeness (QED) is 0.318. The smallest absolute Gasteiger partial charge is 0.261 e. The lowest BCUT2D eigenvalue weighted by molar-refractivity contribution is -0.115. The second-order valence-electron chi connectivity index (χ2n) is 7.02. The Morgan fingerprint density at radius 3 is 2.53 bits per heavy atom. The Morgan fingerprint density at radius 2 is 1.81 bits per heavy atom. The van der Waals surface area contributed by atoms with Crippen LogP contribution in [0, 0.1) is 0 Å². The lowest BCUT2D eigenvalue weighted by Gasteiger charge is -2.18. The van der Waals surface area contributed by atoms with Crippen LogP contribution in [0.5, 0.6) is 5.75 Å². The Hall–Kier alpha value is -3.29. The van der Waals surface area contributed by atoms with Gasteiger partial charge in [0.15, 0.2) is 5.16 Å². The van der Waals surface area contributed by atoms with Gasteiger partial charge < -0.3 is 10.1 Å². The number of amides is 1. The highest BCUT2D eigenvalue weighted by molar-refractivity contribution is 8.00. The molecule has 1 atom stereocenters. The number of benzene rings is 3. The Kier molecular flexibility index (Phi) is 6.48. The number of rotatable bonds is 6. The molecule has 0 aliphatic carbocycles. The Labute approximate surface area is 194 Å². The molecule has 0 saturated carbocycles. The number of aromatic nitrogens is 2. The van der Waals surface area contributed by atoms with E-state index in [4.69, 9.17) is 16.3 Å². The maximum absolute atomic E-state index is 13.3. The minimum atomic E-state index is -0.642. The topological polar surface area (TPSA) is 73.2 Å². The number of halogens is 1. The summed E-state index contributed by atoms with van der Waals surface area (Å²) in [6.07, 6.45) is 0. The standard InChI is InChI=1S/C24H20ClN3O3S/c1-28-23(30)17-10-6-7-11-19(17)27-24(28)32-21(15-8-4-3-5-9-15)22(29)26-16-12-13-20(31-2)18(25)14-16/h3-14,21H,1-2H3,(H,26,29). The van der Waals surface area contributed by atoms with Crippen LogP contribution < -0.4 is 15.6 Å². The molecule has 162 valence electrons. The molecule has 32 heavy (non-hydrogen) atoms. The van der Waals surface area contributed by atoms with E-state index in [-0.39, 0.29) is 11.5 Å². The summed E-state index contributed by atoms with van der Waals surface area (Å²) < 4.78 is 6.64. The van der Waals surface area contributed by atoms with Crippen LogP contribution in [0.3, 0.4) is 0 Å². The van der Waals surface area contributed by atoms with Crippen molar-refractivity contribution in [1.29, 1.82) is 0 Å². The molecule has 1 heterocycles. The number of methoxy groups -OCH3 is 1. The fourth-order valence-electron chi connectivity index (χ4n) is 3.26. The number of anilines is 1. The van der Waals surface area contributed by atoms with Crippen LogP contribution in [0.2, 0.25) is 5.02 Å². The van der Waals surface area contributed by atoms with Crippen molar-refractivity contribution in [2.24, 2.45) is 7.05 Å². The van der Waals surface area contributed by atoms with Crippen LogP contribution in [0.4, 0.5) is 5.69 Å². The van der Waals surface area contributed by atoms with E-state index in [1.165, 1.54) is 23.4 Å². The zero-order chi connectivity index (χ0) is 22.7. The SMILES string of the molecule is COc1ccc(NC(=O)C(Sc2nc3ccccc3c(=O)n2C)c2ccccc2)cc1Cl. The number of thioether (sulfide) groups is 1. The van der Waals surface area contributed by atoms with E-state index < -0.39 is 5.25 Å². The van der Waals surface area contributed by atoms with Gasteiger partial charge in [-0.3, -0.25) is 14.2 Å². The van der Waals surface area contributed by atoms with Gasteiger partial charge in [0.1, 0.15) is 11.0 Å². The van der Waals surface area contributed by atoms with Crippen LogP contribution in [0.15, 0.2) is 82.7 Å². The van der Waals surface area contributed by atoms with Crippen LogP contribution in [0.1, 0.15) is 10.8 Å². The van der Waals surface area contributed by atoms with Gasteiger partial charge in [-0.2, -0.15) is 0 Å². The third-order valence-corrected chi connectivity index (χ3v) is 6.52. The number of nitrogens with zero attached hydrogens (tertiary/aromatic N) is 2. The third-order valence-electron chi connectivity index (χ3n) is 4.93. The molecule has 0 radical (unpaired) electrons. The molecule has 8 heteroatoms. The van der Waals surface area contributed by atoms with Crippen molar-refractivity contribution in [2.45, 2.75) is 10.4 Å². The van der Waals surface area contributed by atoms with Crippen LogP contribution >= 0.6 is 23.4 Å². The molecule has 1 amide bonds. The minimum absolute atomic E-state index is 0.160. The van der Waals surface area contributed by atoms with Gasteiger partial charge >= 0.3 is 0 Å². The van der Waals surface area contributed by atoms with Crippen molar-refractivity contribution in [3.8, 4) is 5.75 Å². The number of hydrogen-bond acceptors (Lipinski definition) is 5. The summed E-state index contributed by atoms with van der Waals surface area (Å²) in [6.45, 7) is 0. The summed E-state index contributed by atoms with van der Waals surface area (Å²) in [5.74, 6) is 0.263. The van der Waals surface area contributed by atoms with Crippen molar-refractivity contribution >= 4 is 45.9 Å². The first-order chi connectivity index (χ1) is 15.5. The van der Waals surface area contributed by atoms with Crippen molar-refractivity contribution < 1.29 is 9.53 Å². The number of ether oxygens (including phenoxy) is 1. The van der Waals surface area contributed by atoms with Gasteiger partial charge in [-0.1, -0.05) is 65.8 Å². The average Bonchev–Trinajstić information content (AvgIpc) is 2.81. The van der Waals surface area contributed by atoms with Gasteiger partial charge in [-0.05, 0) is 35.9 Å². The highest BCUT2D eigenvalue weighted by atomic mass is 35.5. The molecular weight excluding hydrogens is 446 g/mol. The molecular formula is C24H20ClN3O3S. The van der Waals surface area contributed by atoms with E-state index in [0.29, 0.717) is 32.5 Å². The number of carbonyl (C=O) groups excluding carboxylic acids is 1. The fourth-order valence-corrected chi connectivity index (χ4v) is 4.58. The van der Waals surface area contributed by atoms with E-state index in [2.05, 4.69) is 10.3 Å². The van der Waals surface area contributed by atoms with E-state index in [0.717, 1.165) is 5.56 Å². The van der Waals surface area contributed by atoms with Gasteiger partial charge in [0.2, 0.25) is 5.91 Å². The van der Waals surface area contributed by atoms with Crippen molar-refractivity contribution in [2.75, 3.05) is 12.4 Å². The lowest BCUT2D eigenvalue weighted by Crippen LogP contribution is -2.23. The first-order valence-electron chi connectivity index (χ1n) is 9.79. The molecule has 4 rings (SSSR count). The van der Waals surface area contributed by atoms with Crippen LogP contribution in [0.25, 0.3) is 10.9 Å². The number of hydrogen-bond donors (Lipinski definition) is 1. The zero-order valence-electron chi connectivity index (χ0n) is 17.4. The normalized spacial score (nSPS) is 11.8. The van der Waals surface area contributed by atoms with Crippen molar-refractivity contribution in [3.05, 3.63) is 93.7 Å². The van der Waals surface area contributed by atoms with E-state index in [1.807, 2.05) is 36.4 Å². The summed E-state index contributed by atoms with van der Waals surface area (Å²) >= 11 is 7.42. The van der Waals surface area contributed by atoms with E-state index in [9.17, 15) is 9.59 Å². The van der Waals surface area contributed by atoms with Crippen molar-refractivity contribution in [1.82, 2.24) is 9.55 Å². The fraction of sp³-hybridized carbons (Fsp3) is 0.125. The predicted octanol–water partition coefficient (Wildman–Crippen LogP) is 5.07. The molecule has 6 nitrogen and oxygen atoms in total. The Morgan fingerprint density at radius 1 is 1.09 bits per heavy atom. The molecule has 0 spiro atoms. The molecule has 0 aliphatic heterocycles. The molecule has 3 aromatic carbocycles. The lowest BCUT2D eigenvalue weighted by atomic mass is 10.1. The monoisotopic (exact) mass is 465 g/mol. The zero-order valence-corrected chi connectivity index (χ0v) is 19.0. The van der Waals surface area contributed by atoms with Crippen LogP contribution in [-0.4, -0.2) is 22.6 Å². The molecule has 1 unspecified atom stereocenters. The predicted molar refractivity (Wildman–Crippen MR) is 129 cm³/mol. The second kappa shape index (κ2) is 9.46. The summed E-state index contributed by atoms with van der Waals surface area (Å²) in [4.78, 5) is 30.8. The van der Waals surface area contributed by atoms with Crippen LogP contribution in [-0.2, 0) is 11.8 Å². The maximum atomic E-state index is 13.3. The highest BCUT2D eigenvalue weighted by Gasteiger charge is 2.25. The summed E-state index contributed by atoms with van der Waals surface area (Å²) in [5.41, 5.74) is 1.76. The Balaban J connectivity index is 1.70. The Bertz CT molecular complexity index is 1340. The molecule has 4 aromatic rings. The van der Waals surface area contributed by atoms with Gasteiger partial charge in [0, 0.05) is 12.7 Å². The number of fused-ring (bicyclic) bond motifs is 1. The van der Waals surface area contributed by atoms with Gasteiger partial charge in [0.25, 0.3) is 5.56 Å². The molecule has 1 N–H and O–H groups in total. The summed E-state index contributed by atoms with van der Waals surface area (Å²) in [5, 5.41) is 3.65. The first kappa shape index (κ1) is 21.9. The average molecular weight is 466 g/mol. The van der Waals surface area contributed by atoms with E-state index in [1.54, 1.807) is 43.4 Å². The number of carbonyl (C=O) groups is 1. The number of para-hydroxylation sites is 1. The molecule has 0 aliphatic rings. The summed E-state index contributed by atoms with van der Waals surface area (Å²) in [6, 6.07) is 21.6. The molecule has 0 bridgehead atoms. The second-order valence-corrected chi connectivity index (χ2v) is 8.50. The third kappa shape index (κ3) is 4.49. The van der Waals surface area contributed by atoms with E-state index >= 15 is 0 Å².